The molecule has 0 bridgehead atoms. The molecule has 0 radical (unpaired) electrons. The summed E-state index contributed by atoms with van der Waals surface area (Å²) in [5.74, 6) is 0. The van der Waals surface area contributed by atoms with Gasteiger partial charge in [0, 0.05) is 0 Å². The van der Waals surface area contributed by atoms with Gasteiger partial charge in [0.25, 0.3) is 0 Å². The van der Waals surface area contributed by atoms with Crippen molar-refractivity contribution in [3.05, 3.63) is 0 Å². The average Bonchev–Trinajstić information content (AvgIpc) is 1.95. The first-order chi connectivity index (χ1) is 4.24. The molecule has 0 aromatic carbocycles. The molecule has 0 heterocycles. The van der Waals surface area contributed by atoms with Crippen LogP contribution in [0.5, 0.6) is 0 Å². The van der Waals surface area contributed by atoms with E-state index in [4.69, 9.17) is 15.3 Å². The quantitative estimate of drug-likeness (QED) is 0.350. The third-order valence-corrected chi connectivity index (χ3v) is 3.58. The molecule has 0 aliphatic carbocycles. The third-order valence-electron chi connectivity index (χ3n) is 1.19. The summed E-state index contributed by atoms with van der Waals surface area (Å²) in [6.45, 7) is 0. The van der Waals surface area contributed by atoms with Gasteiger partial charge in [0.2, 0.25) is 0 Å². The zero-order valence-corrected chi connectivity index (χ0v) is 5.95. The molecule has 0 aliphatic rings. The van der Waals surface area contributed by atoms with Crippen LogP contribution < -0.4 is 0 Å². The van der Waals surface area contributed by atoms with Crippen LogP contribution in [-0.4, -0.2) is 40.4 Å². The summed E-state index contributed by atoms with van der Waals surface area (Å²) in [5, 5.41) is 25.5. The molecular formula is C4H11O4P. The van der Waals surface area contributed by atoms with Gasteiger partial charge in [-0.1, -0.05) is 0 Å². The predicted molar refractivity (Wildman–Crippen MR) is 36.3 cm³/mol. The Hall–Kier alpha value is -0.0200. The van der Waals surface area contributed by atoms with E-state index in [-0.39, 0.29) is 19.0 Å². The van der Waals surface area contributed by atoms with Crippen LogP contribution in [0.15, 0.2) is 0 Å². The van der Waals surface area contributed by atoms with Gasteiger partial charge in [-0.2, -0.15) is 0 Å². The van der Waals surface area contributed by atoms with Crippen molar-refractivity contribution in [1.29, 1.82) is 0 Å². The first kappa shape index (κ1) is 8.98. The van der Waals surface area contributed by atoms with E-state index in [9.17, 15) is 4.79 Å². The molecule has 0 aromatic rings. The molecule has 0 aromatic heterocycles. The molecule has 0 fully saturated rings. The van der Waals surface area contributed by atoms with Crippen molar-refractivity contribution >= 4 is 13.3 Å². The maximum atomic E-state index is 10.1. The zero-order chi connectivity index (χ0) is 7.33. The fourth-order valence-corrected chi connectivity index (χ4v) is 0.785. The van der Waals surface area contributed by atoms with Crippen molar-refractivity contribution in [1.82, 2.24) is 0 Å². The fourth-order valence-electron chi connectivity index (χ4n) is 0.262. The van der Waals surface area contributed by atoms with Gasteiger partial charge in [0.15, 0.2) is 0 Å². The molecule has 0 saturated heterocycles. The van der Waals surface area contributed by atoms with E-state index in [0.717, 1.165) is 0 Å². The maximum absolute atomic E-state index is 10.1. The molecular weight excluding hydrogens is 143 g/mol. The topological polar surface area (TPSA) is 77.8 Å². The minimum absolute atomic E-state index is 0.385. The monoisotopic (exact) mass is 154 g/mol. The number of rotatable bonds is 4. The normalized spacial score (nSPS) is 13.2. The van der Waals surface area contributed by atoms with E-state index in [1.165, 1.54) is 0 Å². The molecule has 5 heteroatoms. The second-order valence-electron chi connectivity index (χ2n) is 1.95. The molecule has 0 atom stereocenters. The molecule has 0 saturated carbocycles. The number of carbonyl (C=O) groups is 1. The number of hydrogen-bond acceptors (Lipinski definition) is 4. The SMILES string of the molecule is O=C[PH](CO)(CO)CO. The summed E-state index contributed by atoms with van der Waals surface area (Å²) >= 11 is 0. The Balaban J connectivity index is 3.98. The Kier molecular flexibility index (Phi) is 3.89. The molecule has 3 N–H and O–H groups in total. The zero-order valence-electron chi connectivity index (χ0n) is 4.95. The summed E-state index contributed by atoms with van der Waals surface area (Å²) in [6, 6.07) is 0.493. The van der Waals surface area contributed by atoms with Crippen LogP contribution in [0.3, 0.4) is 0 Å². The van der Waals surface area contributed by atoms with E-state index in [0.29, 0.717) is 6.03 Å². The second kappa shape index (κ2) is 3.90. The van der Waals surface area contributed by atoms with Gasteiger partial charge in [-0.25, -0.2) is 0 Å². The first-order valence-corrected chi connectivity index (χ1v) is 5.23. The van der Waals surface area contributed by atoms with Crippen LogP contribution in [0.25, 0.3) is 0 Å². The molecule has 0 spiro atoms. The summed E-state index contributed by atoms with van der Waals surface area (Å²) in [6.07, 6.45) is -1.16. The Labute approximate surface area is 53.5 Å². The van der Waals surface area contributed by atoms with Gasteiger partial charge in [0.05, 0.1) is 0 Å². The number of hydrogen-bond donors (Lipinski definition) is 3. The molecule has 0 amide bonds. The minimum atomic E-state index is -2.71. The molecule has 56 valence electrons. The van der Waals surface area contributed by atoms with Gasteiger partial charge >= 0.3 is 52.4 Å². The van der Waals surface area contributed by atoms with Crippen LogP contribution in [-0.2, 0) is 4.79 Å². The van der Waals surface area contributed by atoms with Gasteiger partial charge in [-0.3, -0.25) is 0 Å². The second-order valence-corrected chi connectivity index (χ2v) is 5.86. The van der Waals surface area contributed by atoms with Crippen LogP contribution >= 0.6 is 7.26 Å². The summed E-state index contributed by atoms with van der Waals surface area (Å²) in [7, 11) is -2.71. The molecule has 0 unspecified atom stereocenters. The number of aliphatic hydroxyl groups is 3. The summed E-state index contributed by atoms with van der Waals surface area (Å²) in [5.41, 5.74) is 0. The average molecular weight is 154 g/mol. The van der Waals surface area contributed by atoms with E-state index in [1.807, 2.05) is 0 Å². The van der Waals surface area contributed by atoms with Crippen molar-refractivity contribution in [2.24, 2.45) is 0 Å². The molecule has 9 heavy (non-hydrogen) atoms. The molecule has 0 aliphatic heterocycles. The Bertz CT molecular complexity index is 82.3. The van der Waals surface area contributed by atoms with Gasteiger partial charge in [0.1, 0.15) is 0 Å². The van der Waals surface area contributed by atoms with Gasteiger partial charge in [-0.05, 0) is 0 Å². The number of carbonyl (C=O) groups excluding carboxylic acids is 1. The van der Waals surface area contributed by atoms with Gasteiger partial charge < -0.3 is 0 Å². The number of aliphatic hydroxyl groups excluding tert-OH is 3. The van der Waals surface area contributed by atoms with E-state index in [1.54, 1.807) is 0 Å². The predicted octanol–water partition coefficient (Wildman–Crippen LogP) is -1.22. The van der Waals surface area contributed by atoms with Crippen molar-refractivity contribution in [3.8, 4) is 0 Å². The van der Waals surface area contributed by atoms with Crippen LogP contribution in [0.1, 0.15) is 0 Å². The van der Waals surface area contributed by atoms with Crippen molar-refractivity contribution < 1.29 is 20.1 Å². The van der Waals surface area contributed by atoms with Crippen molar-refractivity contribution in [2.45, 2.75) is 0 Å². The van der Waals surface area contributed by atoms with E-state index >= 15 is 0 Å². The van der Waals surface area contributed by atoms with Crippen LogP contribution in [0.4, 0.5) is 0 Å². The standard InChI is InChI=1S/C4H11O4P/c5-1-9(2-6,3-7)4-8/h1,6-9H,2-4H2. The Morgan fingerprint density at radius 3 is 1.44 bits per heavy atom. The fraction of sp³-hybridized carbons (Fsp3) is 0.750. The summed E-state index contributed by atoms with van der Waals surface area (Å²) < 4.78 is 0. The molecule has 0 rings (SSSR count). The third kappa shape index (κ3) is 1.99. The van der Waals surface area contributed by atoms with E-state index in [2.05, 4.69) is 0 Å². The van der Waals surface area contributed by atoms with Crippen LogP contribution in [0, 0.1) is 0 Å². The first-order valence-electron chi connectivity index (χ1n) is 2.53. The summed E-state index contributed by atoms with van der Waals surface area (Å²) in [4.78, 5) is 10.1. The van der Waals surface area contributed by atoms with Crippen molar-refractivity contribution in [3.63, 3.8) is 0 Å². The van der Waals surface area contributed by atoms with E-state index < -0.39 is 7.26 Å². The Morgan fingerprint density at radius 1 is 1.11 bits per heavy atom. The Morgan fingerprint density at radius 2 is 1.44 bits per heavy atom. The van der Waals surface area contributed by atoms with Crippen LogP contribution in [0.2, 0.25) is 0 Å². The van der Waals surface area contributed by atoms with Crippen molar-refractivity contribution in [2.75, 3.05) is 19.0 Å². The van der Waals surface area contributed by atoms with Gasteiger partial charge in [-0.15, -0.1) is 0 Å². The molecule has 4 nitrogen and oxygen atoms in total.